The number of hydrogen-bond donors (Lipinski definition) is 1. The van der Waals surface area contributed by atoms with E-state index in [1.807, 2.05) is 4.72 Å². The lowest BCUT2D eigenvalue weighted by Crippen LogP contribution is -2.32. The summed E-state index contributed by atoms with van der Waals surface area (Å²) in [4.78, 5) is 11.8. The number of hydrogen-bond acceptors (Lipinski definition) is 4. The van der Waals surface area contributed by atoms with Crippen LogP contribution < -0.4 is 9.46 Å². The summed E-state index contributed by atoms with van der Waals surface area (Å²) in [7, 11) is -3.54. The Morgan fingerprint density at radius 3 is 2.35 bits per heavy atom. The molecule has 0 atom stereocenters. The summed E-state index contributed by atoms with van der Waals surface area (Å²) in [6.45, 7) is 4.45. The molecule has 1 aromatic rings. The second kappa shape index (κ2) is 7.89. The second-order valence-electron chi connectivity index (χ2n) is 4.48. The number of carbonyl (C=O) groups is 1. The predicted octanol–water partition coefficient (Wildman–Crippen LogP) is 2.34. The number of carbonyl (C=O) groups excluding carboxylic acids is 1. The molecular weight excluding hydrogens is 278 g/mol. The maximum Gasteiger partial charge on any atom is 0.264 e. The Kier molecular flexibility index (Phi) is 6.51. The second-order valence-corrected chi connectivity index (χ2v) is 6.32. The molecule has 0 radical (unpaired) electrons. The number of benzene rings is 1. The van der Waals surface area contributed by atoms with Gasteiger partial charge in [-0.15, -0.1) is 0 Å². The minimum Gasteiger partial charge on any atom is -0.494 e. The minimum atomic E-state index is -3.54. The molecule has 0 saturated heterocycles. The molecule has 0 aromatic heterocycles. The topological polar surface area (TPSA) is 72.5 Å². The van der Waals surface area contributed by atoms with Gasteiger partial charge in [0.25, 0.3) is 5.91 Å². The van der Waals surface area contributed by atoms with Gasteiger partial charge in [-0.2, -0.15) is 0 Å². The van der Waals surface area contributed by atoms with Crippen LogP contribution in [0.15, 0.2) is 24.3 Å². The van der Waals surface area contributed by atoms with Crippen LogP contribution in [0.25, 0.3) is 0 Å². The lowest BCUT2D eigenvalue weighted by molar-refractivity contribution is 0.0981. The molecule has 0 spiro atoms. The first-order valence-electron chi connectivity index (χ1n) is 6.76. The number of ether oxygens (including phenoxy) is 1. The van der Waals surface area contributed by atoms with Gasteiger partial charge in [-0.3, -0.25) is 4.79 Å². The summed E-state index contributed by atoms with van der Waals surface area (Å²) >= 11 is 0. The summed E-state index contributed by atoms with van der Waals surface area (Å²) in [6, 6.07) is 6.43. The van der Waals surface area contributed by atoms with Crippen LogP contribution in [0, 0.1) is 0 Å². The third-order valence-corrected chi connectivity index (χ3v) is 4.05. The molecule has 20 heavy (non-hydrogen) atoms. The molecule has 1 amide bonds. The van der Waals surface area contributed by atoms with E-state index in [0.717, 1.165) is 12.8 Å². The van der Waals surface area contributed by atoms with Crippen molar-refractivity contribution in [2.75, 3.05) is 12.4 Å². The van der Waals surface area contributed by atoms with E-state index in [2.05, 4.69) is 6.92 Å². The van der Waals surface area contributed by atoms with Crippen LogP contribution in [0.2, 0.25) is 0 Å². The maximum absolute atomic E-state index is 11.8. The van der Waals surface area contributed by atoms with Crippen molar-refractivity contribution in [2.45, 2.75) is 33.1 Å². The van der Waals surface area contributed by atoms with E-state index in [9.17, 15) is 13.2 Å². The largest absolute Gasteiger partial charge is 0.494 e. The summed E-state index contributed by atoms with van der Waals surface area (Å²) in [5.41, 5.74) is 0.299. The molecule has 0 unspecified atom stereocenters. The van der Waals surface area contributed by atoms with Crippen LogP contribution in [0.5, 0.6) is 5.75 Å². The number of unbranched alkanes of at least 4 members (excludes halogenated alkanes) is 1. The van der Waals surface area contributed by atoms with Crippen molar-refractivity contribution in [1.82, 2.24) is 4.72 Å². The van der Waals surface area contributed by atoms with Crippen LogP contribution >= 0.6 is 0 Å². The SMILES string of the molecule is CCCCOc1ccc(C(=O)NS(=O)(=O)CCC)cc1. The Hall–Kier alpha value is -1.56. The summed E-state index contributed by atoms with van der Waals surface area (Å²) in [6.07, 6.45) is 2.49. The molecule has 1 N–H and O–H groups in total. The minimum absolute atomic E-state index is 0.0586. The van der Waals surface area contributed by atoms with Crippen molar-refractivity contribution in [2.24, 2.45) is 0 Å². The summed E-state index contributed by atoms with van der Waals surface area (Å²) in [5, 5.41) is 0. The van der Waals surface area contributed by atoms with E-state index < -0.39 is 15.9 Å². The average Bonchev–Trinajstić information content (AvgIpc) is 2.39. The molecular formula is C14H21NO4S. The molecule has 0 saturated carbocycles. The van der Waals surface area contributed by atoms with Crippen molar-refractivity contribution >= 4 is 15.9 Å². The summed E-state index contributed by atoms with van der Waals surface area (Å²) < 4.78 is 30.5. The number of rotatable bonds is 8. The van der Waals surface area contributed by atoms with Gasteiger partial charge in [0.2, 0.25) is 10.0 Å². The van der Waals surface area contributed by atoms with Gasteiger partial charge in [0.1, 0.15) is 5.75 Å². The van der Waals surface area contributed by atoms with Gasteiger partial charge in [0, 0.05) is 5.56 Å². The zero-order valence-electron chi connectivity index (χ0n) is 11.9. The fourth-order valence-corrected chi connectivity index (χ4v) is 2.60. The highest BCUT2D eigenvalue weighted by molar-refractivity contribution is 7.90. The van der Waals surface area contributed by atoms with Gasteiger partial charge >= 0.3 is 0 Å². The molecule has 0 fully saturated rings. The third-order valence-electron chi connectivity index (χ3n) is 2.60. The molecule has 6 heteroatoms. The normalized spacial score (nSPS) is 11.1. The predicted molar refractivity (Wildman–Crippen MR) is 78.4 cm³/mol. The van der Waals surface area contributed by atoms with Crippen LogP contribution in [0.1, 0.15) is 43.5 Å². The van der Waals surface area contributed by atoms with E-state index in [0.29, 0.717) is 24.3 Å². The van der Waals surface area contributed by atoms with Crippen LogP contribution in [-0.4, -0.2) is 26.7 Å². The van der Waals surface area contributed by atoms with Gasteiger partial charge in [-0.05, 0) is 37.1 Å². The molecule has 0 heterocycles. The van der Waals surface area contributed by atoms with Gasteiger partial charge in [0.05, 0.1) is 12.4 Å². The molecule has 1 rings (SSSR count). The monoisotopic (exact) mass is 299 g/mol. The maximum atomic E-state index is 11.8. The molecule has 0 aliphatic heterocycles. The molecule has 112 valence electrons. The van der Waals surface area contributed by atoms with Gasteiger partial charge < -0.3 is 4.74 Å². The molecule has 0 aliphatic carbocycles. The molecule has 0 aliphatic rings. The Balaban J connectivity index is 2.62. The van der Waals surface area contributed by atoms with E-state index in [1.165, 1.54) is 0 Å². The van der Waals surface area contributed by atoms with E-state index in [1.54, 1.807) is 31.2 Å². The highest BCUT2D eigenvalue weighted by Crippen LogP contribution is 2.13. The Morgan fingerprint density at radius 2 is 1.80 bits per heavy atom. The lowest BCUT2D eigenvalue weighted by atomic mass is 10.2. The van der Waals surface area contributed by atoms with Crippen LogP contribution in [0.4, 0.5) is 0 Å². The Morgan fingerprint density at radius 1 is 1.15 bits per heavy atom. The first kappa shape index (κ1) is 16.5. The number of nitrogens with one attached hydrogen (secondary N) is 1. The molecule has 0 bridgehead atoms. The van der Waals surface area contributed by atoms with E-state index >= 15 is 0 Å². The Labute approximate surface area is 120 Å². The average molecular weight is 299 g/mol. The van der Waals surface area contributed by atoms with Crippen LogP contribution in [0.3, 0.4) is 0 Å². The van der Waals surface area contributed by atoms with Gasteiger partial charge in [-0.25, -0.2) is 13.1 Å². The highest BCUT2D eigenvalue weighted by atomic mass is 32.2. The van der Waals surface area contributed by atoms with Crippen molar-refractivity contribution < 1.29 is 17.9 Å². The quantitative estimate of drug-likeness (QED) is 0.748. The third kappa shape index (κ3) is 5.61. The van der Waals surface area contributed by atoms with Crippen molar-refractivity contribution in [3.05, 3.63) is 29.8 Å². The van der Waals surface area contributed by atoms with Crippen molar-refractivity contribution in [3.8, 4) is 5.75 Å². The number of amides is 1. The fraction of sp³-hybridized carbons (Fsp3) is 0.500. The van der Waals surface area contributed by atoms with E-state index in [4.69, 9.17) is 4.74 Å². The highest BCUT2D eigenvalue weighted by Gasteiger charge is 2.14. The smallest absolute Gasteiger partial charge is 0.264 e. The molecule has 5 nitrogen and oxygen atoms in total. The first-order chi connectivity index (χ1) is 9.48. The zero-order chi connectivity index (χ0) is 15.0. The molecule has 1 aromatic carbocycles. The lowest BCUT2D eigenvalue weighted by Gasteiger charge is -2.07. The van der Waals surface area contributed by atoms with Crippen LogP contribution in [-0.2, 0) is 10.0 Å². The van der Waals surface area contributed by atoms with Gasteiger partial charge in [0.15, 0.2) is 0 Å². The zero-order valence-corrected chi connectivity index (χ0v) is 12.7. The first-order valence-corrected chi connectivity index (χ1v) is 8.41. The number of sulfonamides is 1. The van der Waals surface area contributed by atoms with Gasteiger partial charge in [-0.1, -0.05) is 20.3 Å². The van der Waals surface area contributed by atoms with E-state index in [-0.39, 0.29) is 5.75 Å². The Bertz CT molecular complexity index is 523. The van der Waals surface area contributed by atoms with Crippen molar-refractivity contribution in [3.63, 3.8) is 0 Å². The standard InChI is InChI=1S/C14H21NO4S/c1-3-5-10-19-13-8-6-12(7-9-13)14(16)15-20(17,18)11-4-2/h6-9H,3-5,10-11H2,1-2H3,(H,15,16). The van der Waals surface area contributed by atoms with Crippen molar-refractivity contribution in [1.29, 1.82) is 0 Å². The summed E-state index contributed by atoms with van der Waals surface area (Å²) in [5.74, 6) is 0.00158. The fourth-order valence-electron chi connectivity index (χ4n) is 1.56.